The number of carbonyl (C=O) groups excluding carboxylic acids is 1. The molecule has 2 aromatic heterocycles. The lowest BCUT2D eigenvalue weighted by atomic mass is 10.0. The van der Waals surface area contributed by atoms with Crippen molar-refractivity contribution in [3.63, 3.8) is 0 Å². The van der Waals surface area contributed by atoms with Gasteiger partial charge in [0.05, 0.1) is 28.9 Å². The summed E-state index contributed by atoms with van der Waals surface area (Å²) in [6.07, 6.45) is 5.17. The van der Waals surface area contributed by atoms with Crippen molar-refractivity contribution in [2.45, 2.75) is 38.8 Å². The van der Waals surface area contributed by atoms with Crippen LogP contribution in [0.2, 0.25) is 0 Å². The second kappa shape index (κ2) is 6.18. The Balaban J connectivity index is 1.67. The van der Waals surface area contributed by atoms with Crippen LogP contribution in [0.4, 0.5) is 0 Å². The number of hydrogen-bond donors (Lipinski definition) is 1. The first-order valence-electron chi connectivity index (χ1n) is 7.37. The van der Waals surface area contributed by atoms with Crippen molar-refractivity contribution >= 4 is 17.2 Å². The molecule has 1 aliphatic rings. The Labute approximate surface area is 133 Å². The minimum Gasteiger partial charge on any atom is -0.372 e. The maximum atomic E-state index is 12.4. The van der Waals surface area contributed by atoms with Crippen molar-refractivity contribution in [2.24, 2.45) is 7.05 Å². The molecule has 118 valence electrons. The highest BCUT2D eigenvalue weighted by atomic mass is 32.1. The maximum absolute atomic E-state index is 12.4. The summed E-state index contributed by atoms with van der Waals surface area (Å²) in [7, 11) is 1.96. The van der Waals surface area contributed by atoms with E-state index >= 15 is 0 Å². The normalized spacial score (nSPS) is 21.8. The van der Waals surface area contributed by atoms with E-state index in [9.17, 15) is 4.79 Å². The van der Waals surface area contributed by atoms with Crippen LogP contribution in [0.5, 0.6) is 0 Å². The Morgan fingerprint density at radius 1 is 1.50 bits per heavy atom. The highest BCUT2D eigenvalue weighted by Crippen LogP contribution is 2.28. The van der Waals surface area contributed by atoms with Crippen LogP contribution in [0.15, 0.2) is 12.5 Å². The summed E-state index contributed by atoms with van der Waals surface area (Å²) in [6, 6.07) is 0.114. The number of carbonyl (C=O) groups is 1. The van der Waals surface area contributed by atoms with Gasteiger partial charge in [0.1, 0.15) is 11.0 Å². The third-order valence-electron chi connectivity index (χ3n) is 3.91. The van der Waals surface area contributed by atoms with E-state index in [1.54, 1.807) is 6.33 Å². The fourth-order valence-corrected chi connectivity index (χ4v) is 3.63. The molecule has 0 saturated carbocycles. The average molecular weight is 320 g/mol. The van der Waals surface area contributed by atoms with E-state index in [-0.39, 0.29) is 18.1 Å². The summed E-state index contributed by atoms with van der Waals surface area (Å²) < 4.78 is 7.79. The van der Waals surface area contributed by atoms with Gasteiger partial charge >= 0.3 is 0 Å². The molecule has 7 heteroatoms. The van der Waals surface area contributed by atoms with Crippen molar-refractivity contribution in [3.8, 4) is 0 Å². The number of hydrogen-bond acceptors (Lipinski definition) is 5. The molecule has 2 atom stereocenters. The summed E-state index contributed by atoms with van der Waals surface area (Å²) in [4.78, 5) is 21.6. The van der Waals surface area contributed by atoms with E-state index in [1.165, 1.54) is 11.3 Å². The lowest BCUT2D eigenvalue weighted by molar-refractivity contribution is -0.00299. The monoisotopic (exact) mass is 320 g/mol. The van der Waals surface area contributed by atoms with Gasteiger partial charge in [-0.2, -0.15) is 0 Å². The number of amides is 1. The van der Waals surface area contributed by atoms with Gasteiger partial charge in [-0.25, -0.2) is 9.97 Å². The molecule has 2 aromatic rings. The van der Waals surface area contributed by atoms with Gasteiger partial charge in [-0.1, -0.05) is 0 Å². The summed E-state index contributed by atoms with van der Waals surface area (Å²) in [5.74, 6) is -0.0289. The Morgan fingerprint density at radius 3 is 2.95 bits per heavy atom. The molecule has 6 nitrogen and oxygen atoms in total. The van der Waals surface area contributed by atoms with Crippen LogP contribution in [0.25, 0.3) is 0 Å². The Bertz CT molecular complexity index is 679. The predicted molar refractivity (Wildman–Crippen MR) is 84.0 cm³/mol. The van der Waals surface area contributed by atoms with E-state index in [2.05, 4.69) is 15.3 Å². The van der Waals surface area contributed by atoms with Crippen LogP contribution in [-0.4, -0.2) is 33.1 Å². The van der Waals surface area contributed by atoms with Gasteiger partial charge in [0.25, 0.3) is 5.91 Å². The van der Waals surface area contributed by atoms with Crippen molar-refractivity contribution in [2.75, 3.05) is 6.61 Å². The average Bonchev–Trinajstić information content (AvgIpc) is 3.04. The number of aromatic nitrogens is 3. The minimum atomic E-state index is -0.0289. The summed E-state index contributed by atoms with van der Waals surface area (Å²) in [5, 5.41) is 4.04. The molecule has 1 aliphatic heterocycles. The molecule has 0 aliphatic carbocycles. The first-order chi connectivity index (χ1) is 10.5. The quantitative estimate of drug-likeness (QED) is 0.941. The smallest absolute Gasteiger partial charge is 0.263 e. The van der Waals surface area contributed by atoms with Gasteiger partial charge in [0.15, 0.2) is 0 Å². The van der Waals surface area contributed by atoms with Crippen molar-refractivity contribution in [1.82, 2.24) is 19.9 Å². The van der Waals surface area contributed by atoms with Crippen LogP contribution >= 0.6 is 11.3 Å². The molecule has 0 aromatic carbocycles. The van der Waals surface area contributed by atoms with E-state index in [0.29, 0.717) is 11.5 Å². The molecule has 1 saturated heterocycles. The first kappa shape index (κ1) is 15.2. The fraction of sp³-hybridized carbons (Fsp3) is 0.533. The third kappa shape index (κ3) is 3.05. The number of nitrogens with one attached hydrogen (secondary N) is 1. The Morgan fingerprint density at radius 2 is 2.32 bits per heavy atom. The second-order valence-corrected chi connectivity index (χ2v) is 6.83. The van der Waals surface area contributed by atoms with Gasteiger partial charge in [-0.05, 0) is 26.7 Å². The molecule has 0 radical (unpaired) electrons. The maximum Gasteiger partial charge on any atom is 0.263 e. The van der Waals surface area contributed by atoms with Crippen LogP contribution in [0, 0.1) is 13.8 Å². The number of ether oxygens (including phenoxy) is 1. The van der Waals surface area contributed by atoms with Crippen LogP contribution in [0.1, 0.15) is 45.0 Å². The fourth-order valence-electron chi connectivity index (χ4n) is 2.80. The van der Waals surface area contributed by atoms with Gasteiger partial charge in [-0.15, -0.1) is 11.3 Å². The third-order valence-corrected chi connectivity index (χ3v) is 4.98. The first-order valence-corrected chi connectivity index (χ1v) is 8.19. The predicted octanol–water partition coefficient (Wildman–Crippen LogP) is 2.14. The molecule has 1 amide bonds. The van der Waals surface area contributed by atoms with E-state index < -0.39 is 0 Å². The zero-order chi connectivity index (χ0) is 15.7. The zero-order valence-corrected chi connectivity index (χ0v) is 13.8. The van der Waals surface area contributed by atoms with Crippen LogP contribution in [-0.2, 0) is 11.8 Å². The van der Waals surface area contributed by atoms with Crippen molar-refractivity contribution in [3.05, 3.63) is 33.8 Å². The molecule has 1 N–H and O–H groups in total. The van der Waals surface area contributed by atoms with Gasteiger partial charge in [-0.3, -0.25) is 4.79 Å². The molecule has 3 heterocycles. The molecule has 0 bridgehead atoms. The lowest BCUT2D eigenvalue weighted by Crippen LogP contribution is -2.40. The topological polar surface area (TPSA) is 69.0 Å². The molecule has 3 rings (SSSR count). The summed E-state index contributed by atoms with van der Waals surface area (Å²) in [6.45, 7) is 4.43. The highest BCUT2D eigenvalue weighted by molar-refractivity contribution is 7.13. The van der Waals surface area contributed by atoms with Crippen LogP contribution in [0.3, 0.4) is 0 Å². The molecule has 0 unspecified atom stereocenters. The lowest BCUT2D eigenvalue weighted by Gasteiger charge is -2.30. The van der Waals surface area contributed by atoms with Gasteiger partial charge in [0.2, 0.25) is 0 Å². The summed E-state index contributed by atoms with van der Waals surface area (Å²) >= 11 is 1.44. The van der Waals surface area contributed by atoms with Gasteiger partial charge in [0, 0.05) is 19.7 Å². The highest BCUT2D eigenvalue weighted by Gasteiger charge is 2.27. The Hall–Kier alpha value is -1.73. The minimum absolute atomic E-state index is 0.0177. The number of thiazole rings is 1. The number of nitrogens with zero attached hydrogens (tertiary/aromatic N) is 3. The SMILES string of the molecule is Cc1nc(C)c(C(=O)N[C@H]2CCO[C@H](c3cncn3C)C2)s1. The molecular weight excluding hydrogens is 300 g/mol. The Kier molecular flexibility index (Phi) is 4.26. The number of rotatable bonds is 3. The molecule has 0 spiro atoms. The standard InChI is InChI=1S/C15H20N4O2S/c1-9-14(22-10(2)17-9)15(20)18-11-4-5-21-13(6-11)12-7-16-8-19(12)3/h7-8,11,13H,4-6H2,1-3H3,(H,18,20)/t11-,13-/m0/s1. The van der Waals surface area contributed by atoms with E-state index in [4.69, 9.17) is 4.74 Å². The summed E-state index contributed by atoms with van der Waals surface area (Å²) in [5.41, 5.74) is 1.85. The van der Waals surface area contributed by atoms with Crippen molar-refractivity contribution < 1.29 is 9.53 Å². The number of aryl methyl sites for hydroxylation is 3. The van der Waals surface area contributed by atoms with E-state index in [0.717, 1.165) is 29.2 Å². The zero-order valence-electron chi connectivity index (χ0n) is 13.0. The van der Waals surface area contributed by atoms with Crippen molar-refractivity contribution in [1.29, 1.82) is 0 Å². The number of imidazole rings is 1. The second-order valence-electron chi connectivity index (χ2n) is 5.63. The molecular formula is C15H20N4O2S. The van der Waals surface area contributed by atoms with Crippen LogP contribution < -0.4 is 5.32 Å². The molecule has 22 heavy (non-hydrogen) atoms. The van der Waals surface area contributed by atoms with Gasteiger partial charge < -0.3 is 14.6 Å². The largest absolute Gasteiger partial charge is 0.372 e. The van der Waals surface area contributed by atoms with E-state index in [1.807, 2.05) is 31.7 Å². The molecule has 1 fully saturated rings.